The van der Waals surface area contributed by atoms with Crippen molar-refractivity contribution in [2.45, 2.75) is 13.5 Å². The fourth-order valence-electron chi connectivity index (χ4n) is 3.65. The van der Waals surface area contributed by atoms with Crippen LogP contribution < -0.4 is 19.7 Å². The molecule has 3 aromatic rings. The number of thiocarbonyl (C=S) groups is 1. The van der Waals surface area contributed by atoms with Crippen LogP contribution in [-0.4, -0.2) is 34.6 Å². The van der Waals surface area contributed by atoms with Gasteiger partial charge in [-0.1, -0.05) is 45.7 Å². The first-order valence-electron chi connectivity index (χ1n) is 11.3. The summed E-state index contributed by atoms with van der Waals surface area (Å²) in [5.41, 5.74) is 1.29. The van der Waals surface area contributed by atoms with Crippen molar-refractivity contribution >= 4 is 74.4 Å². The molecule has 1 heterocycles. The summed E-state index contributed by atoms with van der Waals surface area (Å²) < 4.78 is 12.6. The Morgan fingerprint density at radius 3 is 2.55 bits per heavy atom. The second-order valence-electron chi connectivity index (χ2n) is 7.99. The molecule has 0 spiro atoms. The van der Waals surface area contributed by atoms with E-state index in [0.717, 1.165) is 14.9 Å². The predicted molar refractivity (Wildman–Crippen MR) is 151 cm³/mol. The summed E-state index contributed by atoms with van der Waals surface area (Å²) in [7, 11) is 0. The molecule has 0 atom stereocenters. The molecule has 4 rings (SSSR count). The molecule has 1 saturated heterocycles. The van der Waals surface area contributed by atoms with Crippen LogP contribution in [0.2, 0.25) is 5.02 Å². The summed E-state index contributed by atoms with van der Waals surface area (Å²) in [6.45, 7) is 2.38. The molecular formula is C27H20BrClN2O6S. The molecule has 1 fully saturated rings. The number of nitrogens with one attached hydrogen (secondary N) is 1. The zero-order chi connectivity index (χ0) is 27.4. The minimum absolute atomic E-state index is 0.0348. The summed E-state index contributed by atoms with van der Waals surface area (Å²) in [5.74, 6) is -1.91. The number of benzene rings is 3. The second-order valence-corrected chi connectivity index (χ2v) is 9.70. The molecule has 3 aromatic carbocycles. The highest BCUT2D eigenvalue weighted by molar-refractivity contribution is 9.10. The monoisotopic (exact) mass is 614 g/mol. The molecule has 2 amide bonds. The van der Waals surface area contributed by atoms with Gasteiger partial charge in [0.2, 0.25) is 0 Å². The van der Waals surface area contributed by atoms with Crippen molar-refractivity contribution in [3.05, 3.63) is 92.4 Å². The van der Waals surface area contributed by atoms with Gasteiger partial charge in [-0.05, 0) is 78.8 Å². The van der Waals surface area contributed by atoms with Gasteiger partial charge in [0.15, 0.2) is 16.6 Å². The van der Waals surface area contributed by atoms with Crippen LogP contribution in [0.3, 0.4) is 0 Å². The van der Waals surface area contributed by atoms with E-state index >= 15 is 0 Å². The van der Waals surface area contributed by atoms with Crippen LogP contribution in [0.1, 0.15) is 28.4 Å². The van der Waals surface area contributed by atoms with Crippen LogP contribution in [0.15, 0.2) is 70.7 Å². The molecule has 0 aliphatic carbocycles. The van der Waals surface area contributed by atoms with Gasteiger partial charge < -0.3 is 14.6 Å². The van der Waals surface area contributed by atoms with Gasteiger partial charge in [0.05, 0.1) is 22.9 Å². The van der Waals surface area contributed by atoms with Crippen LogP contribution in [0.5, 0.6) is 11.5 Å². The Morgan fingerprint density at radius 2 is 1.87 bits per heavy atom. The lowest BCUT2D eigenvalue weighted by atomic mass is 10.1. The number of halogens is 2. The minimum Gasteiger partial charge on any atom is -0.490 e. The van der Waals surface area contributed by atoms with Crippen LogP contribution in [0.4, 0.5) is 5.69 Å². The smallest absolute Gasteiger partial charge is 0.335 e. The molecule has 0 bridgehead atoms. The van der Waals surface area contributed by atoms with Crippen LogP contribution >= 0.6 is 39.7 Å². The van der Waals surface area contributed by atoms with Crippen molar-refractivity contribution < 1.29 is 29.0 Å². The molecular weight excluding hydrogens is 596 g/mol. The molecule has 2 N–H and O–H groups in total. The van der Waals surface area contributed by atoms with Crippen LogP contribution in [0.25, 0.3) is 6.08 Å². The number of nitrogens with zero attached hydrogens (tertiary/aromatic N) is 1. The third-order valence-electron chi connectivity index (χ3n) is 5.39. The van der Waals surface area contributed by atoms with Crippen molar-refractivity contribution in [1.82, 2.24) is 5.32 Å². The Bertz CT molecular complexity index is 1470. The van der Waals surface area contributed by atoms with E-state index in [1.807, 2.05) is 24.3 Å². The standard InChI is InChI=1S/C27H20BrClN2O6S/c1-2-36-22-12-16(11-21(29)23(22)37-14-15-6-8-18(28)9-7-15)10-20-24(32)30-27(38)31(25(20)33)19-5-3-4-17(13-19)26(34)35/h3-13H,2,14H2,1H3,(H,34,35)(H,30,32,38). The Hall–Kier alpha value is -3.73. The van der Waals surface area contributed by atoms with Gasteiger partial charge >= 0.3 is 5.97 Å². The zero-order valence-corrected chi connectivity index (χ0v) is 23.0. The lowest BCUT2D eigenvalue weighted by Gasteiger charge is -2.29. The van der Waals surface area contributed by atoms with Crippen molar-refractivity contribution in [2.24, 2.45) is 0 Å². The summed E-state index contributed by atoms with van der Waals surface area (Å²) >= 11 is 15.1. The van der Waals surface area contributed by atoms with Gasteiger partial charge in [-0.2, -0.15) is 0 Å². The van der Waals surface area contributed by atoms with Crippen molar-refractivity contribution in [3.63, 3.8) is 0 Å². The zero-order valence-electron chi connectivity index (χ0n) is 19.9. The first-order valence-corrected chi connectivity index (χ1v) is 12.8. The lowest BCUT2D eigenvalue weighted by molar-refractivity contribution is -0.122. The molecule has 11 heteroatoms. The predicted octanol–water partition coefficient (Wildman–Crippen LogP) is 5.61. The van der Waals surface area contributed by atoms with Crippen LogP contribution in [-0.2, 0) is 16.2 Å². The highest BCUT2D eigenvalue weighted by Gasteiger charge is 2.35. The number of ether oxygens (including phenoxy) is 2. The van der Waals surface area contributed by atoms with E-state index in [4.69, 9.17) is 33.3 Å². The number of carboxylic acids is 1. The summed E-state index contributed by atoms with van der Waals surface area (Å²) in [5, 5.41) is 11.8. The van der Waals surface area contributed by atoms with Crippen molar-refractivity contribution in [1.29, 1.82) is 0 Å². The molecule has 0 saturated carbocycles. The number of rotatable bonds is 8. The largest absolute Gasteiger partial charge is 0.490 e. The number of carboxylic acid groups (broad SMARTS) is 1. The Kier molecular flexibility index (Phi) is 8.45. The Balaban J connectivity index is 1.66. The van der Waals surface area contributed by atoms with Gasteiger partial charge in [-0.3, -0.25) is 19.8 Å². The number of carbonyl (C=O) groups excluding carboxylic acids is 2. The SMILES string of the molecule is CCOc1cc(C=C2C(=O)NC(=S)N(c3cccc(C(=O)O)c3)C2=O)cc(Cl)c1OCc1ccc(Br)cc1. The molecule has 0 aromatic heterocycles. The van der Waals surface area contributed by atoms with E-state index in [0.29, 0.717) is 23.7 Å². The maximum Gasteiger partial charge on any atom is 0.335 e. The normalized spacial score (nSPS) is 14.4. The third kappa shape index (κ3) is 6.04. The molecule has 0 radical (unpaired) electrons. The first kappa shape index (κ1) is 27.3. The van der Waals surface area contributed by atoms with E-state index in [1.54, 1.807) is 19.1 Å². The maximum atomic E-state index is 13.3. The fourth-order valence-corrected chi connectivity index (χ4v) is 4.47. The van der Waals surface area contributed by atoms with Gasteiger partial charge in [0, 0.05) is 4.47 Å². The van der Waals surface area contributed by atoms with Gasteiger partial charge in [-0.25, -0.2) is 4.79 Å². The van der Waals surface area contributed by atoms with Crippen molar-refractivity contribution in [2.75, 3.05) is 11.5 Å². The number of aromatic carboxylic acids is 1. The second kappa shape index (κ2) is 11.8. The summed E-state index contributed by atoms with van der Waals surface area (Å²) in [6, 6.07) is 16.5. The van der Waals surface area contributed by atoms with Crippen LogP contribution in [0, 0.1) is 0 Å². The maximum absolute atomic E-state index is 13.3. The van der Waals surface area contributed by atoms with Gasteiger partial charge in [0.1, 0.15) is 12.2 Å². The average Bonchev–Trinajstić information content (AvgIpc) is 2.87. The minimum atomic E-state index is -1.16. The highest BCUT2D eigenvalue weighted by Crippen LogP contribution is 2.38. The number of anilines is 1. The van der Waals surface area contributed by atoms with Gasteiger partial charge in [-0.15, -0.1) is 0 Å². The molecule has 8 nitrogen and oxygen atoms in total. The third-order valence-corrected chi connectivity index (χ3v) is 6.49. The number of hydrogen-bond donors (Lipinski definition) is 2. The molecule has 0 unspecified atom stereocenters. The van der Waals surface area contributed by atoms with E-state index in [9.17, 15) is 19.5 Å². The summed E-state index contributed by atoms with van der Waals surface area (Å²) in [6.07, 6.45) is 1.36. The summed E-state index contributed by atoms with van der Waals surface area (Å²) in [4.78, 5) is 38.5. The molecule has 1 aliphatic rings. The average molecular weight is 616 g/mol. The van der Waals surface area contributed by atoms with E-state index in [-0.39, 0.29) is 33.6 Å². The Morgan fingerprint density at radius 1 is 1.13 bits per heavy atom. The van der Waals surface area contributed by atoms with E-state index < -0.39 is 17.8 Å². The number of hydrogen-bond acceptors (Lipinski definition) is 6. The quantitative estimate of drug-likeness (QED) is 0.193. The topological polar surface area (TPSA) is 105 Å². The number of carbonyl (C=O) groups is 3. The fraction of sp³-hybridized carbons (Fsp3) is 0.111. The molecule has 194 valence electrons. The Labute approximate surface area is 236 Å². The lowest BCUT2D eigenvalue weighted by Crippen LogP contribution is -2.54. The van der Waals surface area contributed by atoms with Crippen molar-refractivity contribution in [3.8, 4) is 11.5 Å². The molecule has 1 aliphatic heterocycles. The molecule has 38 heavy (non-hydrogen) atoms. The number of amides is 2. The highest BCUT2D eigenvalue weighted by atomic mass is 79.9. The van der Waals surface area contributed by atoms with E-state index in [2.05, 4.69) is 21.2 Å². The van der Waals surface area contributed by atoms with Gasteiger partial charge in [0.25, 0.3) is 11.8 Å². The van der Waals surface area contributed by atoms with E-state index in [1.165, 1.54) is 30.3 Å². The first-order chi connectivity index (χ1) is 18.2.